The number of benzene rings is 1. The Balaban J connectivity index is 1.34. The highest BCUT2D eigenvalue weighted by molar-refractivity contribution is 5.80. The lowest BCUT2D eigenvalue weighted by Crippen LogP contribution is -2.53. The van der Waals surface area contributed by atoms with Crippen molar-refractivity contribution >= 4 is 11.6 Å². The zero-order valence-corrected chi connectivity index (χ0v) is 17.1. The van der Waals surface area contributed by atoms with Crippen molar-refractivity contribution in [2.24, 2.45) is 4.99 Å². The Bertz CT molecular complexity index is 705. The van der Waals surface area contributed by atoms with Gasteiger partial charge in [0.25, 0.3) is 0 Å². The molecule has 8 heteroatoms. The number of halogens is 1. The summed E-state index contributed by atoms with van der Waals surface area (Å²) in [7, 11) is 1.78. The van der Waals surface area contributed by atoms with Crippen LogP contribution in [0.1, 0.15) is 18.4 Å². The molecule has 7 nitrogen and oxygen atoms in total. The Morgan fingerprint density at radius 2 is 1.97 bits per heavy atom. The van der Waals surface area contributed by atoms with Crippen LogP contribution in [0.4, 0.5) is 10.1 Å². The molecule has 0 aromatic heterocycles. The molecule has 0 amide bonds. The maximum Gasteiger partial charge on any atom is 0.194 e. The first-order chi connectivity index (χ1) is 14.2. The number of morpholine rings is 2. The van der Waals surface area contributed by atoms with Gasteiger partial charge in [-0.05, 0) is 30.5 Å². The van der Waals surface area contributed by atoms with Gasteiger partial charge in [-0.25, -0.2) is 4.39 Å². The molecule has 0 aliphatic carbocycles. The normalized spacial score (nSPS) is 26.1. The molecule has 2 atom stereocenters. The molecule has 160 valence electrons. The summed E-state index contributed by atoms with van der Waals surface area (Å²) in [5.41, 5.74) is 1.54. The zero-order chi connectivity index (χ0) is 20.1. The number of rotatable bonds is 4. The van der Waals surface area contributed by atoms with Crippen molar-refractivity contribution in [1.82, 2.24) is 10.2 Å². The standard InChI is InChI=1S/C21H31FN4O3/c1-23-21(26-8-12-29-20(15-26)19-3-2-9-28-19)24-14-16-4-5-18(17(22)13-16)25-6-10-27-11-7-25/h4-5,13,19-20H,2-3,6-12,14-15H2,1H3,(H,23,24). The van der Waals surface area contributed by atoms with Crippen molar-refractivity contribution in [3.63, 3.8) is 0 Å². The van der Waals surface area contributed by atoms with Gasteiger partial charge in [-0.3, -0.25) is 4.99 Å². The number of nitrogens with zero attached hydrogens (tertiary/aromatic N) is 3. The van der Waals surface area contributed by atoms with Gasteiger partial charge in [0.05, 0.1) is 31.6 Å². The fourth-order valence-corrected chi connectivity index (χ4v) is 4.22. The summed E-state index contributed by atoms with van der Waals surface area (Å²) in [6, 6.07) is 5.45. The zero-order valence-electron chi connectivity index (χ0n) is 17.1. The average molecular weight is 407 g/mol. The van der Waals surface area contributed by atoms with Crippen molar-refractivity contribution < 1.29 is 18.6 Å². The smallest absolute Gasteiger partial charge is 0.194 e. The number of guanidine groups is 1. The molecule has 3 aliphatic rings. The summed E-state index contributed by atoms with van der Waals surface area (Å²) in [5.74, 6) is 0.625. The molecule has 0 bridgehead atoms. The number of ether oxygens (including phenoxy) is 3. The van der Waals surface area contributed by atoms with E-state index in [-0.39, 0.29) is 18.0 Å². The molecule has 3 aliphatic heterocycles. The number of hydrogen-bond donors (Lipinski definition) is 1. The van der Waals surface area contributed by atoms with Crippen LogP contribution in [0.3, 0.4) is 0 Å². The van der Waals surface area contributed by atoms with Crippen LogP contribution in [0, 0.1) is 5.82 Å². The Kier molecular flexibility index (Phi) is 6.84. The van der Waals surface area contributed by atoms with Gasteiger partial charge >= 0.3 is 0 Å². The Labute approximate surface area is 171 Å². The Hall–Kier alpha value is -1.90. The quantitative estimate of drug-likeness (QED) is 0.606. The lowest BCUT2D eigenvalue weighted by Gasteiger charge is -2.37. The molecule has 0 radical (unpaired) electrons. The largest absolute Gasteiger partial charge is 0.378 e. The van der Waals surface area contributed by atoms with E-state index in [1.807, 2.05) is 17.0 Å². The molecule has 1 aromatic carbocycles. The fourth-order valence-electron chi connectivity index (χ4n) is 4.22. The van der Waals surface area contributed by atoms with Crippen LogP contribution in [0.25, 0.3) is 0 Å². The molecule has 0 saturated carbocycles. The highest BCUT2D eigenvalue weighted by atomic mass is 19.1. The number of nitrogens with one attached hydrogen (secondary N) is 1. The third-order valence-electron chi connectivity index (χ3n) is 5.80. The summed E-state index contributed by atoms with van der Waals surface area (Å²) < 4.78 is 31.7. The average Bonchev–Trinajstić information content (AvgIpc) is 3.30. The Morgan fingerprint density at radius 1 is 1.14 bits per heavy atom. The minimum Gasteiger partial charge on any atom is -0.378 e. The van der Waals surface area contributed by atoms with Crippen LogP contribution in [0.2, 0.25) is 0 Å². The molecule has 4 rings (SSSR count). The number of aliphatic imine (C=N–C) groups is 1. The van der Waals surface area contributed by atoms with E-state index in [1.165, 1.54) is 0 Å². The van der Waals surface area contributed by atoms with E-state index in [0.29, 0.717) is 32.1 Å². The van der Waals surface area contributed by atoms with Crippen molar-refractivity contribution in [1.29, 1.82) is 0 Å². The molecule has 0 spiro atoms. The van der Waals surface area contributed by atoms with E-state index in [2.05, 4.69) is 15.2 Å². The van der Waals surface area contributed by atoms with E-state index in [4.69, 9.17) is 14.2 Å². The molecule has 29 heavy (non-hydrogen) atoms. The number of anilines is 1. The first-order valence-corrected chi connectivity index (χ1v) is 10.5. The van der Waals surface area contributed by atoms with Crippen molar-refractivity contribution in [2.75, 3.05) is 64.6 Å². The summed E-state index contributed by atoms with van der Waals surface area (Å²) in [4.78, 5) is 8.66. The van der Waals surface area contributed by atoms with Gasteiger partial charge in [0.1, 0.15) is 11.9 Å². The predicted octanol–water partition coefficient (Wildman–Crippen LogP) is 1.62. The predicted molar refractivity (Wildman–Crippen MR) is 110 cm³/mol. The summed E-state index contributed by atoms with van der Waals surface area (Å²) >= 11 is 0. The SMILES string of the molecule is CN=C(NCc1ccc(N2CCOCC2)c(F)c1)N1CCOC(C2CCCO2)C1. The minimum atomic E-state index is -0.189. The van der Waals surface area contributed by atoms with Gasteiger partial charge in [-0.2, -0.15) is 0 Å². The molecule has 2 unspecified atom stereocenters. The van der Waals surface area contributed by atoms with Crippen LogP contribution in [0.5, 0.6) is 0 Å². The highest BCUT2D eigenvalue weighted by Crippen LogP contribution is 2.23. The highest BCUT2D eigenvalue weighted by Gasteiger charge is 2.32. The van der Waals surface area contributed by atoms with E-state index in [1.54, 1.807) is 13.1 Å². The summed E-state index contributed by atoms with van der Waals surface area (Å²) in [6.45, 7) is 6.29. The second-order valence-electron chi connectivity index (χ2n) is 7.69. The van der Waals surface area contributed by atoms with Crippen molar-refractivity contribution in [3.8, 4) is 0 Å². The van der Waals surface area contributed by atoms with Gasteiger partial charge in [-0.15, -0.1) is 0 Å². The monoisotopic (exact) mass is 406 g/mol. The van der Waals surface area contributed by atoms with Gasteiger partial charge in [0.2, 0.25) is 0 Å². The van der Waals surface area contributed by atoms with E-state index >= 15 is 0 Å². The summed E-state index contributed by atoms with van der Waals surface area (Å²) in [6.07, 6.45) is 2.41. The van der Waals surface area contributed by atoms with Gasteiger partial charge in [0, 0.05) is 46.4 Å². The van der Waals surface area contributed by atoms with E-state index < -0.39 is 0 Å². The van der Waals surface area contributed by atoms with Crippen LogP contribution in [-0.4, -0.2) is 82.7 Å². The van der Waals surface area contributed by atoms with E-state index in [9.17, 15) is 4.39 Å². The van der Waals surface area contributed by atoms with Crippen LogP contribution < -0.4 is 10.2 Å². The lowest BCUT2D eigenvalue weighted by molar-refractivity contribution is -0.0817. The van der Waals surface area contributed by atoms with Crippen LogP contribution >= 0.6 is 0 Å². The van der Waals surface area contributed by atoms with Gasteiger partial charge in [0.15, 0.2) is 5.96 Å². The maximum absolute atomic E-state index is 14.6. The summed E-state index contributed by atoms with van der Waals surface area (Å²) in [5, 5.41) is 3.37. The molecular weight excluding hydrogens is 375 g/mol. The van der Waals surface area contributed by atoms with Crippen molar-refractivity contribution in [2.45, 2.75) is 31.6 Å². The molecule has 1 N–H and O–H groups in total. The molecular formula is C21H31FN4O3. The first kappa shape index (κ1) is 20.4. The molecule has 1 aromatic rings. The lowest BCUT2D eigenvalue weighted by atomic mass is 10.1. The first-order valence-electron chi connectivity index (χ1n) is 10.5. The van der Waals surface area contributed by atoms with Gasteiger partial charge in [-0.1, -0.05) is 6.07 Å². The van der Waals surface area contributed by atoms with Crippen molar-refractivity contribution in [3.05, 3.63) is 29.6 Å². The fraction of sp³-hybridized carbons (Fsp3) is 0.667. The maximum atomic E-state index is 14.6. The number of hydrogen-bond acceptors (Lipinski definition) is 5. The van der Waals surface area contributed by atoms with Gasteiger partial charge < -0.3 is 29.3 Å². The third-order valence-corrected chi connectivity index (χ3v) is 5.80. The third kappa shape index (κ3) is 4.99. The van der Waals surface area contributed by atoms with Crippen LogP contribution in [-0.2, 0) is 20.8 Å². The molecule has 3 fully saturated rings. The molecule has 3 heterocycles. The Morgan fingerprint density at radius 3 is 2.69 bits per heavy atom. The second-order valence-corrected chi connectivity index (χ2v) is 7.69. The second kappa shape index (κ2) is 9.73. The topological polar surface area (TPSA) is 58.6 Å². The van der Waals surface area contributed by atoms with Crippen LogP contribution in [0.15, 0.2) is 23.2 Å². The minimum absolute atomic E-state index is 0.0788. The van der Waals surface area contributed by atoms with E-state index in [0.717, 1.165) is 57.2 Å². The molecule has 3 saturated heterocycles.